The summed E-state index contributed by atoms with van der Waals surface area (Å²) in [4.78, 5) is 22.6. The molecule has 3 aromatic carbocycles. The molecule has 8 heteroatoms. The third-order valence-electron chi connectivity index (χ3n) is 9.03. The maximum atomic E-state index is 13.6. The summed E-state index contributed by atoms with van der Waals surface area (Å²) in [6.07, 6.45) is 7.27. The summed E-state index contributed by atoms with van der Waals surface area (Å²) >= 11 is 0. The van der Waals surface area contributed by atoms with Crippen molar-refractivity contribution in [2.75, 3.05) is 54.1 Å². The van der Waals surface area contributed by atoms with Gasteiger partial charge in [0.15, 0.2) is 11.5 Å². The molecule has 1 unspecified atom stereocenters. The summed E-state index contributed by atoms with van der Waals surface area (Å²) in [5.41, 5.74) is 5.24. The molecule has 278 valence electrons. The van der Waals surface area contributed by atoms with Gasteiger partial charge in [-0.3, -0.25) is 9.79 Å². The Labute approximate surface area is 308 Å². The highest BCUT2D eigenvalue weighted by molar-refractivity contribution is 5.96. The van der Waals surface area contributed by atoms with Crippen molar-refractivity contribution >= 4 is 17.3 Å². The number of benzene rings is 3. The van der Waals surface area contributed by atoms with E-state index in [9.17, 15) is 4.79 Å². The van der Waals surface area contributed by atoms with Gasteiger partial charge in [0.05, 0.1) is 33.1 Å². The van der Waals surface area contributed by atoms with Crippen LogP contribution in [0.5, 0.6) is 17.2 Å². The van der Waals surface area contributed by atoms with E-state index in [4.69, 9.17) is 19.5 Å². The first-order chi connectivity index (χ1) is 24.6. The first-order valence-electron chi connectivity index (χ1n) is 18.4. The van der Waals surface area contributed by atoms with Crippen LogP contribution in [0.25, 0.3) is 0 Å². The van der Waals surface area contributed by atoms with Crippen molar-refractivity contribution in [3.63, 3.8) is 0 Å². The fourth-order valence-electron chi connectivity index (χ4n) is 6.26. The van der Waals surface area contributed by atoms with Gasteiger partial charge in [0.25, 0.3) is 5.91 Å². The summed E-state index contributed by atoms with van der Waals surface area (Å²) in [6.45, 7) is 17.3. The fraction of sp³-hybridized carbons (Fsp3) is 0.512. The number of hydrogen-bond donors (Lipinski definition) is 0. The molecule has 0 radical (unpaired) electrons. The highest BCUT2D eigenvalue weighted by Gasteiger charge is 2.41. The van der Waals surface area contributed by atoms with E-state index < -0.39 is 0 Å². The van der Waals surface area contributed by atoms with E-state index in [2.05, 4.69) is 67.1 Å². The number of hydrogen-bond acceptors (Lipinski definition) is 7. The lowest BCUT2D eigenvalue weighted by Crippen LogP contribution is -2.38. The second-order valence-corrected chi connectivity index (χ2v) is 13.2. The number of methoxy groups -OCH3 is 3. The Morgan fingerprint density at radius 1 is 0.882 bits per heavy atom. The van der Waals surface area contributed by atoms with Gasteiger partial charge in [-0.05, 0) is 102 Å². The van der Waals surface area contributed by atoms with Crippen molar-refractivity contribution in [1.82, 2.24) is 9.80 Å². The van der Waals surface area contributed by atoms with Crippen molar-refractivity contribution in [2.24, 2.45) is 4.99 Å². The first-order valence-corrected chi connectivity index (χ1v) is 18.4. The van der Waals surface area contributed by atoms with Crippen LogP contribution in [0.2, 0.25) is 0 Å². The maximum absolute atomic E-state index is 13.6. The molecule has 0 saturated carbocycles. The largest absolute Gasteiger partial charge is 0.493 e. The molecular formula is C43H62N4O4. The van der Waals surface area contributed by atoms with Gasteiger partial charge < -0.3 is 24.0 Å². The van der Waals surface area contributed by atoms with E-state index in [1.165, 1.54) is 24.0 Å². The molecule has 1 heterocycles. The number of nitrogens with zero attached hydrogens (tertiary/aromatic N) is 4. The number of carbonyl (C=O) groups is 1. The zero-order chi connectivity index (χ0) is 37.6. The summed E-state index contributed by atoms with van der Waals surface area (Å²) in [6, 6.07) is 24.4. The molecule has 1 saturated heterocycles. The molecule has 1 atom stereocenters. The van der Waals surface area contributed by atoms with Gasteiger partial charge in [-0.2, -0.15) is 5.26 Å². The zero-order valence-corrected chi connectivity index (χ0v) is 32.8. The summed E-state index contributed by atoms with van der Waals surface area (Å²) in [7, 11) is 4.71. The number of carbonyl (C=O) groups excluding carboxylic acids is 1. The van der Waals surface area contributed by atoms with E-state index in [1.54, 1.807) is 33.5 Å². The van der Waals surface area contributed by atoms with Crippen LogP contribution in [0.4, 0.5) is 5.69 Å². The molecule has 3 aromatic rings. The summed E-state index contributed by atoms with van der Waals surface area (Å²) in [5, 5.41) is 7.82. The Balaban J connectivity index is 0.000000464. The standard InChI is InChI=1S/C29H42N2O4.C10H13N.C4H7N/c1-6-8-17-30(16-7-2)18-14-29(24-12-10-9-11-13-24)15-19-31(22-29)28(32)23-20-25(33-3)27(35-5)26(21-23)34-4;1-8(2)11-10-7-5-4-6-9(10)3;1-2-3-4-5/h9-13,20-21H,6-8,14-19,22H2,1-5H3;4-7H,1-3H3;2-3H2,1H3. The van der Waals surface area contributed by atoms with E-state index >= 15 is 0 Å². The lowest BCUT2D eigenvalue weighted by molar-refractivity contribution is 0.0780. The van der Waals surface area contributed by atoms with Gasteiger partial charge >= 0.3 is 0 Å². The van der Waals surface area contributed by atoms with E-state index in [-0.39, 0.29) is 11.3 Å². The Kier molecular flexibility index (Phi) is 19.5. The average molecular weight is 699 g/mol. The number of ether oxygens (including phenoxy) is 3. The van der Waals surface area contributed by atoms with Crippen LogP contribution in [0.3, 0.4) is 0 Å². The van der Waals surface area contributed by atoms with E-state index in [0.717, 1.165) is 63.3 Å². The van der Waals surface area contributed by atoms with Gasteiger partial charge in [-0.1, -0.05) is 75.7 Å². The zero-order valence-electron chi connectivity index (χ0n) is 32.8. The third-order valence-corrected chi connectivity index (χ3v) is 9.03. The number of aliphatic imine (C=N–C) groups is 1. The predicted octanol–water partition coefficient (Wildman–Crippen LogP) is 9.82. The lowest BCUT2D eigenvalue weighted by atomic mass is 9.76. The maximum Gasteiger partial charge on any atom is 0.254 e. The minimum atomic E-state index is -0.0459. The Morgan fingerprint density at radius 2 is 1.53 bits per heavy atom. The number of likely N-dealkylation sites (tertiary alicyclic amines) is 1. The quantitative estimate of drug-likeness (QED) is 0.147. The number of amides is 1. The SMILES string of the molecule is CC(C)=Nc1ccccc1C.CCCC#N.CCCCN(CCC)CCC1(c2ccccc2)CCN(C(=O)c2cc(OC)c(OC)c(OC)c2)C1. The summed E-state index contributed by atoms with van der Waals surface area (Å²) in [5.74, 6) is 1.48. The van der Waals surface area contributed by atoms with Crippen LogP contribution in [0.1, 0.15) is 101 Å². The second-order valence-electron chi connectivity index (χ2n) is 13.2. The van der Waals surface area contributed by atoms with Gasteiger partial charge in [0.1, 0.15) is 0 Å². The van der Waals surface area contributed by atoms with Crippen LogP contribution in [-0.4, -0.2) is 75.5 Å². The lowest BCUT2D eigenvalue weighted by Gasteiger charge is -2.33. The van der Waals surface area contributed by atoms with Gasteiger partial charge in [0.2, 0.25) is 5.75 Å². The van der Waals surface area contributed by atoms with Crippen LogP contribution >= 0.6 is 0 Å². The van der Waals surface area contributed by atoms with Crippen molar-refractivity contribution in [3.05, 3.63) is 83.4 Å². The van der Waals surface area contributed by atoms with Crippen molar-refractivity contribution in [3.8, 4) is 23.3 Å². The molecule has 1 aliphatic rings. The van der Waals surface area contributed by atoms with E-state index in [1.807, 2.05) is 49.9 Å². The second kappa shape index (κ2) is 23.2. The molecule has 8 nitrogen and oxygen atoms in total. The van der Waals surface area contributed by atoms with Crippen LogP contribution in [0.15, 0.2) is 71.7 Å². The average Bonchev–Trinajstić information content (AvgIpc) is 3.59. The van der Waals surface area contributed by atoms with Crippen molar-refractivity contribution in [2.45, 2.75) is 91.9 Å². The minimum Gasteiger partial charge on any atom is -0.493 e. The molecular weight excluding hydrogens is 636 g/mol. The summed E-state index contributed by atoms with van der Waals surface area (Å²) < 4.78 is 16.4. The molecule has 1 amide bonds. The molecule has 51 heavy (non-hydrogen) atoms. The normalized spacial score (nSPS) is 14.7. The number of nitriles is 1. The molecule has 0 bridgehead atoms. The predicted molar refractivity (Wildman–Crippen MR) is 211 cm³/mol. The monoisotopic (exact) mass is 698 g/mol. The molecule has 4 rings (SSSR count). The van der Waals surface area contributed by atoms with E-state index in [0.29, 0.717) is 35.8 Å². The highest BCUT2D eigenvalue weighted by Crippen LogP contribution is 2.41. The number of para-hydroxylation sites is 1. The van der Waals surface area contributed by atoms with Crippen molar-refractivity contribution < 1.29 is 19.0 Å². The Bertz CT molecular complexity index is 1510. The Morgan fingerprint density at radius 3 is 2.04 bits per heavy atom. The van der Waals surface area contributed by atoms with Gasteiger partial charge in [-0.25, -0.2) is 0 Å². The van der Waals surface area contributed by atoms with Gasteiger partial charge in [0, 0.05) is 36.2 Å². The molecule has 1 aliphatic heterocycles. The van der Waals surface area contributed by atoms with Crippen molar-refractivity contribution in [1.29, 1.82) is 5.26 Å². The number of aryl methyl sites for hydroxylation is 1. The minimum absolute atomic E-state index is 0.00143. The molecule has 0 aromatic heterocycles. The van der Waals surface area contributed by atoms with Gasteiger partial charge in [-0.15, -0.1) is 0 Å². The smallest absolute Gasteiger partial charge is 0.254 e. The number of rotatable bonds is 15. The molecule has 0 N–H and O–H groups in total. The fourth-order valence-corrected chi connectivity index (χ4v) is 6.26. The van der Waals surface area contributed by atoms with Crippen LogP contribution < -0.4 is 14.2 Å². The Hall–Kier alpha value is -4.35. The topological polar surface area (TPSA) is 87.4 Å². The first kappa shape index (κ1) is 42.8. The van der Waals surface area contributed by atoms with Crippen LogP contribution in [-0.2, 0) is 5.41 Å². The molecule has 0 aliphatic carbocycles. The van der Waals surface area contributed by atoms with Crippen LogP contribution in [0, 0.1) is 18.3 Å². The third kappa shape index (κ3) is 13.4. The molecule has 0 spiro atoms. The highest BCUT2D eigenvalue weighted by atomic mass is 16.5. The number of unbranched alkanes of at least 4 members (excludes halogenated alkanes) is 2. The molecule has 1 fully saturated rings.